The summed E-state index contributed by atoms with van der Waals surface area (Å²) in [6.07, 6.45) is -4.53. The molecule has 1 aromatic rings. The van der Waals surface area contributed by atoms with Gasteiger partial charge in [0.25, 0.3) is 0 Å². The van der Waals surface area contributed by atoms with Crippen LogP contribution in [0.1, 0.15) is 0 Å². The molecule has 5 N–H and O–H groups in total. The number of sulfonamides is 1. The molecule has 0 unspecified atom stereocenters. The van der Waals surface area contributed by atoms with E-state index in [4.69, 9.17) is 16.0 Å². The van der Waals surface area contributed by atoms with Gasteiger partial charge in [0, 0.05) is 6.54 Å². The monoisotopic (exact) mass is 313 g/mol. The fourth-order valence-electron chi connectivity index (χ4n) is 1.68. The maximum atomic E-state index is 12.5. The third-order valence-electron chi connectivity index (χ3n) is 2.43. The summed E-state index contributed by atoms with van der Waals surface area (Å²) in [5.74, 6) is 0. The number of rotatable bonds is 5. The molecule has 0 saturated carbocycles. The summed E-state index contributed by atoms with van der Waals surface area (Å²) >= 11 is 0. The number of para-hydroxylation sites is 1. The third-order valence-corrected chi connectivity index (χ3v) is 3.40. The molecule has 0 aromatic heterocycles. The van der Waals surface area contributed by atoms with Crippen LogP contribution in [0.3, 0.4) is 0 Å². The summed E-state index contributed by atoms with van der Waals surface area (Å²) < 4.78 is 60.0. The van der Waals surface area contributed by atoms with Crippen molar-refractivity contribution in [3.8, 4) is 0 Å². The lowest BCUT2D eigenvalue weighted by Crippen LogP contribution is -2.37. The number of hydrogen-bond acceptors (Lipinski definition) is 5. The maximum Gasteiger partial charge on any atom is 0.405 e. The molecule has 10 heteroatoms. The Morgan fingerprint density at radius 1 is 1.30 bits per heavy atom. The van der Waals surface area contributed by atoms with Crippen LogP contribution in [0.15, 0.2) is 23.1 Å². The highest BCUT2D eigenvalue weighted by Crippen LogP contribution is 2.31. The lowest BCUT2D eigenvalue weighted by atomic mass is 10.2. The molecular formula is C10H14F3N3O3S. The SMILES string of the molecule is Nc1c(N(CCO)CC(F)(F)F)cccc1S(N)(=O)=O. The Bertz CT molecular complexity index is 575. The number of nitrogens with zero attached hydrogens (tertiary/aromatic N) is 1. The van der Waals surface area contributed by atoms with Gasteiger partial charge < -0.3 is 15.7 Å². The zero-order chi connectivity index (χ0) is 15.6. The van der Waals surface area contributed by atoms with E-state index in [1.54, 1.807) is 0 Å². The summed E-state index contributed by atoms with van der Waals surface area (Å²) in [7, 11) is -4.14. The number of aliphatic hydroxyl groups is 1. The minimum atomic E-state index is -4.53. The smallest absolute Gasteiger partial charge is 0.396 e. The van der Waals surface area contributed by atoms with Crippen LogP contribution in [-0.2, 0) is 10.0 Å². The van der Waals surface area contributed by atoms with Crippen molar-refractivity contribution in [2.45, 2.75) is 11.1 Å². The Labute approximate surface area is 113 Å². The Hall–Kier alpha value is -1.52. The van der Waals surface area contributed by atoms with Gasteiger partial charge in [-0.2, -0.15) is 13.2 Å². The largest absolute Gasteiger partial charge is 0.405 e. The molecule has 20 heavy (non-hydrogen) atoms. The van der Waals surface area contributed by atoms with Crippen LogP contribution in [0.25, 0.3) is 0 Å². The van der Waals surface area contributed by atoms with Crippen molar-refractivity contribution in [1.82, 2.24) is 0 Å². The van der Waals surface area contributed by atoms with E-state index in [9.17, 15) is 21.6 Å². The normalized spacial score (nSPS) is 12.4. The van der Waals surface area contributed by atoms with Crippen molar-refractivity contribution in [2.24, 2.45) is 5.14 Å². The summed E-state index contributed by atoms with van der Waals surface area (Å²) in [6, 6.07) is 3.55. The molecule has 0 bridgehead atoms. The molecule has 114 valence electrons. The summed E-state index contributed by atoms with van der Waals surface area (Å²) in [6.45, 7) is -2.27. The van der Waals surface area contributed by atoms with E-state index in [-0.39, 0.29) is 17.9 Å². The molecule has 0 radical (unpaired) electrons. The second-order valence-electron chi connectivity index (χ2n) is 3.99. The van der Waals surface area contributed by atoms with Crippen molar-refractivity contribution >= 4 is 21.4 Å². The lowest BCUT2D eigenvalue weighted by molar-refractivity contribution is -0.119. The van der Waals surface area contributed by atoms with Crippen LogP contribution in [0.4, 0.5) is 24.5 Å². The molecule has 0 aliphatic rings. The van der Waals surface area contributed by atoms with Crippen molar-refractivity contribution in [3.05, 3.63) is 18.2 Å². The average Bonchev–Trinajstić information content (AvgIpc) is 2.25. The molecule has 0 fully saturated rings. The van der Waals surface area contributed by atoms with Gasteiger partial charge in [-0.1, -0.05) is 6.07 Å². The highest BCUT2D eigenvalue weighted by Gasteiger charge is 2.32. The summed E-state index contributed by atoms with van der Waals surface area (Å²) in [4.78, 5) is 0.282. The highest BCUT2D eigenvalue weighted by molar-refractivity contribution is 7.89. The molecule has 1 aromatic carbocycles. The maximum absolute atomic E-state index is 12.5. The number of primary sulfonamides is 1. The van der Waals surface area contributed by atoms with E-state index in [0.29, 0.717) is 0 Å². The number of aliphatic hydroxyl groups excluding tert-OH is 1. The van der Waals surface area contributed by atoms with Crippen LogP contribution in [0, 0.1) is 0 Å². The van der Waals surface area contributed by atoms with E-state index in [0.717, 1.165) is 11.0 Å². The first-order valence-corrected chi connectivity index (χ1v) is 6.94. The first-order chi connectivity index (χ1) is 9.06. The van der Waals surface area contributed by atoms with Gasteiger partial charge in [0.1, 0.15) is 11.4 Å². The van der Waals surface area contributed by atoms with Crippen LogP contribution >= 0.6 is 0 Å². The number of anilines is 2. The van der Waals surface area contributed by atoms with Gasteiger partial charge in [0.15, 0.2) is 0 Å². The number of benzene rings is 1. The molecule has 0 heterocycles. The minimum absolute atomic E-state index is 0.150. The van der Waals surface area contributed by atoms with E-state index >= 15 is 0 Å². The first-order valence-electron chi connectivity index (χ1n) is 5.40. The second kappa shape index (κ2) is 5.85. The van der Waals surface area contributed by atoms with Gasteiger partial charge in [-0.25, -0.2) is 13.6 Å². The number of alkyl halides is 3. The Morgan fingerprint density at radius 3 is 2.35 bits per heavy atom. The van der Waals surface area contributed by atoms with Crippen molar-refractivity contribution in [1.29, 1.82) is 0 Å². The lowest BCUT2D eigenvalue weighted by Gasteiger charge is -2.27. The Morgan fingerprint density at radius 2 is 1.90 bits per heavy atom. The van der Waals surface area contributed by atoms with Gasteiger partial charge in [-0.05, 0) is 12.1 Å². The van der Waals surface area contributed by atoms with E-state index in [1.807, 2.05) is 0 Å². The second-order valence-corrected chi connectivity index (χ2v) is 5.52. The number of nitrogen functional groups attached to an aromatic ring is 1. The topological polar surface area (TPSA) is 110 Å². The first kappa shape index (κ1) is 16.5. The van der Waals surface area contributed by atoms with Crippen molar-refractivity contribution < 1.29 is 26.7 Å². The fourth-order valence-corrected chi connectivity index (χ4v) is 2.36. The van der Waals surface area contributed by atoms with Crippen molar-refractivity contribution in [3.63, 3.8) is 0 Å². The van der Waals surface area contributed by atoms with Gasteiger partial charge in [0.05, 0.1) is 18.0 Å². The third kappa shape index (κ3) is 4.25. The van der Waals surface area contributed by atoms with Gasteiger partial charge >= 0.3 is 6.18 Å². The average molecular weight is 313 g/mol. The molecule has 0 aliphatic heterocycles. The van der Waals surface area contributed by atoms with Gasteiger partial charge in [0.2, 0.25) is 10.0 Å². The van der Waals surface area contributed by atoms with Crippen LogP contribution in [-0.4, -0.2) is 39.4 Å². The number of halogens is 3. The number of hydrogen-bond donors (Lipinski definition) is 3. The molecule has 0 aliphatic carbocycles. The molecule has 1 rings (SSSR count). The van der Waals surface area contributed by atoms with Crippen LogP contribution < -0.4 is 15.8 Å². The molecule has 0 atom stereocenters. The van der Waals surface area contributed by atoms with E-state index in [2.05, 4.69) is 0 Å². The molecular weight excluding hydrogens is 299 g/mol. The van der Waals surface area contributed by atoms with Crippen LogP contribution in [0.2, 0.25) is 0 Å². The van der Waals surface area contributed by atoms with Gasteiger partial charge in [-0.3, -0.25) is 0 Å². The zero-order valence-corrected chi connectivity index (χ0v) is 11.1. The predicted octanol–water partition coefficient (Wildman–Crippen LogP) is 0.277. The summed E-state index contributed by atoms with van der Waals surface area (Å²) in [5, 5.41) is 13.8. The Kier molecular flexibility index (Phi) is 4.84. The van der Waals surface area contributed by atoms with Gasteiger partial charge in [-0.15, -0.1) is 0 Å². The quantitative estimate of drug-likeness (QED) is 0.676. The standard InChI is InChI=1S/C10H14F3N3O3S/c11-10(12,13)6-16(4-5-17)7-2-1-3-8(9(7)14)20(15,18)19/h1-3,17H,4-6,14H2,(H2,15,18,19). The predicted molar refractivity (Wildman–Crippen MR) is 67.6 cm³/mol. The molecule has 6 nitrogen and oxygen atoms in total. The Balaban J connectivity index is 3.28. The summed E-state index contributed by atoms with van der Waals surface area (Å²) in [5.41, 5.74) is 5.04. The van der Waals surface area contributed by atoms with E-state index in [1.165, 1.54) is 12.1 Å². The molecule has 0 spiro atoms. The molecule has 0 amide bonds. The van der Waals surface area contributed by atoms with Crippen molar-refractivity contribution in [2.75, 3.05) is 30.3 Å². The zero-order valence-electron chi connectivity index (χ0n) is 10.3. The fraction of sp³-hybridized carbons (Fsp3) is 0.400. The highest BCUT2D eigenvalue weighted by atomic mass is 32.2. The van der Waals surface area contributed by atoms with Crippen LogP contribution in [0.5, 0.6) is 0 Å². The molecule has 0 saturated heterocycles. The van der Waals surface area contributed by atoms with E-state index < -0.39 is 34.2 Å². The number of nitrogens with two attached hydrogens (primary N) is 2. The minimum Gasteiger partial charge on any atom is -0.396 e.